The number of hydrogen-bond donors (Lipinski definition) is 2. The zero-order valence-corrected chi connectivity index (χ0v) is 11.2. The Labute approximate surface area is 116 Å². The number of rotatable bonds is 3. The number of nitrogens with zero attached hydrogens (tertiary/aromatic N) is 2. The molecule has 1 atom stereocenters. The molecular weight excluding hydrogens is 256 g/mol. The Morgan fingerprint density at radius 1 is 1.45 bits per heavy atom. The Morgan fingerprint density at radius 3 is 3.10 bits per heavy atom. The smallest absolute Gasteiger partial charge is 0.241 e. The number of para-hydroxylation sites is 1. The fraction of sp³-hybridized carbons (Fsp3) is 0.357. The van der Waals surface area contributed by atoms with E-state index in [2.05, 4.69) is 20.8 Å². The molecule has 2 N–H and O–H groups in total. The normalized spacial score (nSPS) is 18.2. The van der Waals surface area contributed by atoms with Crippen molar-refractivity contribution < 1.29 is 9.32 Å². The van der Waals surface area contributed by atoms with E-state index in [0.717, 1.165) is 18.5 Å². The topological polar surface area (TPSA) is 80.0 Å². The molecule has 0 saturated carbocycles. The van der Waals surface area contributed by atoms with E-state index in [4.69, 9.17) is 4.52 Å². The molecule has 0 saturated heterocycles. The first kappa shape index (κ1) is 12.8. The van der Waals surface area contributed by atoms with Gasteiger partial charge in [0.2, 0.25) is 11.8 Å². The average molecular weight is 272 g/mol. The van der Waals surface area contributed by atoms with Crippen molar-refractivity contribution >= 4 is 11.6 Å². The Kier molecular flexibility index (Phi) is 3.47. The maximum Gasteiger partial charge on any atom is 0.241 e. The van der Waals surface area contributed by atoms with Crippen LogP contribution in [-0.4, -0.2) is 22.1 Å². The first-order valence-corrected chi connectivity index (χ1v) is 6.64. The van der Waals surface area contributed by atoms with E-state index in [0.29, 0.717) is 18.3 Å². The molecule has 0 spiro atoms. The summed E-state index contributed by atoms with van der Waals surface area (Å²) in [5.74, 6) is 1.07. The quantitative estimate of drug-likeness (QED) is 0.883. The Balaban J connectivity index is 1.65. The molecule has 6 heteroatoms. The number of hydrogen-bond acceptors (Lipinski definition) is 5. The van der Waals surface area contributed by atoms with E-state index in [1.807, 2.05) is 24.3 Å². The number of carbonyl (C=O) groups excluding carboxylic acids is 1. The number of benzene rings is 1. The van der Waals surface area contributed by atoms with Gasteiger partial charge < -0.3 is 9.84 Å². The molecule has 0 radical (unpaired) electrons. The molecule has 1 aromatic heterocycles. The average Bonchev–Trinajstić information content (AvgIpc) is 2.78. The van der Waals surface area contributed by atoms with Gasteiger partial charge in [0.1, 0.15) is 0 Å². The minimum Gasteiger partial charge on any atom is -0.338 e. The van der Waals surface area contributed by atoms with Crippen LogP contribution in [0.4, 0.5) is 5.69 Å². The molecule has 3 rings (SSSR count). The summed E-state index contributed by atoms with van der Waals surface area (Å²) in [7, 11) is 0. The summed E-state index contributed by atoms with van der Waals surface area (Å²) in [6.07, 6.45) is 1.60. The highest BCUT2D eigenvalue weighted by molar-refractivity contribution is 5.96. The summed E-state index contributed by atoms with van der Waals surface area (Å²) < 4.78 is 5.03. The van der Waals surface area contributed by atoms with Gasteiger partial charge in [0.05, 0.1) is 12.6 Å². The summed E-state index contributed by atoms with van der Waals surface area (Å²) in [5.41, 5.74) is 2.06. The predicted molar refractivity (Wildman–Crippen MR) is 73.1 cm³/mol. The highest BCUT2D eigenvalue weighted by Crippen LogP contribution is 2.21. The number of carbonyl (C=O) groups is 1. The number of anilines is 1. The lowest BCUT2D eigenvalue weighted by Crippen LogP contribution is -2.39. The third-order valence-electron chi connectivity index (χ3n) is 3.36. The van der Waals surface area contributed by atoms with Gasteiger partial charge in [-0.25, -0.2) is 0 Å². The molecular formula is C14H16N4O2. The second-order valence-electron chi connectivity index (χ2n) is 4.85. The van der Waals surface area contributed by atoms with Crippen molar-refractivity contribution in [2.45, 2.75) is 32.4 Å². The molecule has 0 fully saturated rings. The zero-order chi connectivity index (χ0) is 13.9. The van der Waals surface area contributed by atoms with Crippen LogP contribution in [0.1, 0.15) is 23.7 Å². The monoisotopic (exact) mass is 272 g/mol. The highest BCUT2D eigenvalue weighted by atomic mass is 16.5. The van der Waals surface area contributed by atoms with E-state index < -0.39 is 0 Å². The van der Waals surface area contributed by atoms with Crippen LogP contribution in [0.25, 0.3) is 0 Å². The van der Waals surface area contributed by atoms with E-state index in [1.54, 1.807) is 6.92 Å². The first-order chi connectivity index (χ1) is 9.72. The molecule has 2 aromatic rings. The molecule has 1 aromatic carbocycles. The number of aromatic nitrogens is 2. The third-order valence-corrected chi connectivity index (χ3v) is 3.36. The van der Waals surface area contributed by atoms with E-state index in [9.17, 15) is 4.79 Å². The molecule has 20 heavy (non-hydrogen) atoms. The minimum absolute atomic E-state index is 0.0220. The van der Waals surface area contributed by atoms with Crippen molar-refractivity contribution in [3.8, 4) is 0 Å². The van der Waals surface area contributed by atoms with Crippen LogP contribution in [0.3, 0.4) is 0 Å². The van der Waals surface area contributed by atoms with Crippen molar-refractivity contribution in [1.82, 2.24) is 15.5 Å². The van der Waals surface area contributed by atoms with Crippen LogP contribution < -0.4 is 10.6 Å². The molecule has 104 valence electrons. The highest BCUT2D eigenvalue weighted by Gasteiger charge is 2.23. The van der Waals surface area contributed by atoms with Gasteiger partial charge in [-0.3, -0.25) is 10.1 Å². The van der Waals surface area contributed by atoms with Gasteiger partial charge in [-0.15, -0.1) is 0 Å². The van der Waals surface area contributed by atoms with E-state index in [-0.39, 0.29) is 11.9 Å². The first-order valence-electron chi connectivity index (χ1n) is 6.64. The maximum absolute atomic E-state index is 12.2. The fourth-order valence-electron chi connectivity index (χ4n) is 2.33. The second-order valence-corrected chi connectivity index (χ2v) is 4.85. The third kappa shape index (κ3) is 2.70. The standard InChI is InChI=1S/C14H16N4O2/c1-9-16-13(20-18-9)8-15-12-7-6-10-4-2-3-5-11(10)17-14(12)19/h2-5,12,15H,6-8H2,1H3,(H,17,19). The van der Waals surface area contributed by atoms with Crippen molar-refractivity contribution in [3.63, 3.8) is 0 Å². The minimum atomic E-state index is -0.255. The lowest BCUT2D eigenvalue weighted by Gasteiger charge is -2.13. The van der Waals surface area contributed by atoms with Crippen molar-refractivity contribution in [3.05, 3.63) is 41.5 Å². The number of aryl methyl sites for hydroxylation is 2. The molecule has 0 aliphatic carbocycles. The van der Waals surface area contributed by atoms with Crippen LogP contribution in [0.15, 0.2) is 28.8 Å². The summed E-state index contributed by atoms with van der Waals surface area (Å²) in [6.45, 7) is 2.16. The SMILES string of the molecule is Cc1noc(CNC2CCc3ccccc3NC2=O)n1. The van der Waals surface area contributed by atoms with Gasteiger partial charge in [0, 0.05) is 5.69 Å². The Hall–Kier alpha value is -2.21. The largest absolute Gasteiger partial charge is 0.338 e. The molecule has 1 amide bonds. The van der Waals surface area contributed by atoms with Crippen molar-refractivity contribution in [2.24, 2.45) is 0 Å². The van der Waals surface area contributed by atoms with Gasteiger partial charge in [-0.05, 0) is 31.4 Å². The van der Waals surface area contributed by atoms with Crippen LogP contribution in [0, 0.1) is 6.92 Å². The Morgan fingerprint density at radius 2 is 2.30 bits per heavy atom. The van der Waals surface area contributed by atoms with E-state index >= 15 is 0 Å². The zero-order valence-electron chi connectivity index (χ0n) is 11.2. The predicted octanol–water partition coefficient (Wildman–Crippen LogP) is 1.42. The molecule has 1 aliphatic rings. The maximum atomic E-state index is 12.2. The molecule has 2 heterocycles. The molecule has 0 bridgehead atoms. The number of fused-ring (bicyclic) bond motifs is 1. The molecule has 6 nitrogen and oxygen atoms in total. The van der Waals surface area contributed by atoms with Crippen molar-refractivity contribution in [1.29, 1.82) is 0 Å². The van der Waals surface area contributed by atoms with Gasteiger partial charge in [0.25, 0.3) is 0 Å². The molecule has 1 aliphatic heterocycles. The van der Waals surface area contributed by atoms with Gasteiger partial charge in [-0.1, -0.05) is 23.4 Å². The van der Waals surface area contributed by atoms with Gasteiger partial charge in [-0.2, -0.15) is 4.98 Å². The second kappa shape index (κ2) is 5.42. The van der Waals surface area contributed by atoms with Crippen molar-refractivity contribution in [2.75, 3.05) is 5.32 Å². The van der Waals surface area contributed by atoms with E-state index in [1.165, 1.54) is 5.56 Å². The number of amides is 1. The summed E-state index contributed by atoms with van der Waals surface area (Å²) in [5, 5.41) is 9.84. The number of nitrogens with one attached hydrogen (secondary N) is 2. The van der Waals surface area contributed by atoms with Crippen LogP contribution >= 0.6 is 0 Å². The summed E-state index contributed by atoms with van der Waals surface area (Å²) >= 11 is 0. The van der Waals surface area contributed by atoms with Gasteiger partial charge >= 0.3 is 0 Å². The summed E-state index contributed by atoms with van der Waals surface area (Å²) in [4.78, 5) is 16.3. The lowest BCUT2D eigenvalue weighted by atomic mass is 10.1. The van der Waals surface area contributed by atoms with Crippen LogP contribution in [0.5, 0.6) is 0 Å². The summed E-state index contributed by atoms with van der Waals surface area (Å²) in [6, 6.07) is 7.62. The molecule has 1 unspecified atom stereocenters. The Bertz CT molecular complexity index is 623. The lowest BCUT2D eigenvalue weighted by molar-refractivity contribution is -0.118. The van der Waals surface area contributed by atoms with Gasteiger partial charge in [0.15, 0.2) is 5.82 Å². The van der Waals surface area contributed by atoms with Crippen LogP contribution in [0.2, 0.25) is 0 Å². The fourth-order valence-corrected chi connectivity index (χ4v) is 2.33. The van der Waals surface area contributed by atoms with Crippen LogP contribution in [-0.2, 0) is 17.8 Å².